The van der Waals surface area contributed by atoms with E-state index >= 15 is 0 Å². The molecule has 0 N–H and O–H groups in total. The van der Waals surface area contributed by atoms with Gasteiger partial charge in [0.25, 0.3) is 0 Å². The van der Waals surface area contributed by atoms with Crippen LogP contribution in [-0.4, -0.2) is 20.6 Å². The van der Waals surface area contributed by atoms with E-state index in [9.17, 15) is 0 Å². The van der Waals surface area contributed by atoms with E-state index in [1.165, 1.54) is 76.5 Å². The van der Waals surface area contributed by atoms with Crippen molar-refractivity contribution in [3.8, 4) is 0 Å². The van der Waals surface area contributed by atoms with Crippen molar-refractivity contribution in [2.45, 2.75) is 102 Å². The fourth-order valence-corrected chi connectivity index (χ4v) is 8.44. The van der Waals surface area contributed by atoms with Gasteiger partial charge in [-0.2, -0.15) is 11.8 Å². The van der Waals surface area contributed by atoms with Crippen LogP contribution >= 0.6 is 11.8 Å². The summed E-state index contributed by atoms with van der Waals surface area (Å²) in [5.74, 6) is 4.54. The number of aromatic nitrogens is 2. The Hall–Kier alpha value is -0.440. The minimum atomic E-state index is 0.644. The number of nitrogens with zero attached hydrogens (tertiary/aromatic N) is 2. The SMILES string of the molecule is CCCCCCCCCSC(Cn1ccnc1)C12CC3CC(CC(C3)C1)C2. The second-order valence-corrected chi connectivity index (χ2v) is 11.3. The van der Waals surface area contributed by atoms with Crippen molar-refractivity contribution in [1.29, 1.82) is 0 Å². The van der Waals surface area contributed by atoms with Gasteiger partial charge in [-0.15, -0.1) is 0 Å². The first-order chi connectivity index (χ1) is 13.3. The van der Waals surface area contributed by atoms with Crippen molar-refractivity contribution in [1.82, 2.24) is 9.55 Å². The first kappa shape index (κ1) is 19.9. The molecule has 0 spiro atoms. The van der Waals surface area contributed by atoms with E-state index in [4.69, 9.17) is 0 Å². The van der Waals surface area contributed by atoms with Crippen molar-refractivity contribution in [3.05, 3.63) is 18.7 Å². The number of unbranched alkanes of at least 4 members (excludes halogenated alkanes) is 6. The van der Waals surface area contributed by atoms with E-state index in [2.05, 4.69) is 34.4 Å². The third kappa shape index (κ3) is 4.95. The summed E-state index contributed by atoms with van der Waals surface area (Å²) in [5, 5.41) is 0.806. The Kier molecular flexibility index (Phi) is 6.89. The summed E-state index contributed by atoms with van der Waals surface area (Å²) in [6.07, 6.45) is 25.4. The molecule has 4 saturated carbocycles. The van der Waals surface area contributed by atoms with Crippen LogP contribution in [0.2, 0.25) is 0 Å². The molecule has 4 fully saturated rings. The third-order valence-corrected chi connectivity index (χ3v) is 9.35. The average molecular weight is 389 g/mol. The summed E-state index contributed by atoms with van der Waals surface area (Å²) in [7, 11) is 0. The highest BCUT2D eigenvalue weighted by molar-refractivity contribution is 7.99. The zero-order chi connectivity index (χ0) is 18.5. The molecule has 5 rings (SSSR count). The zero-order valence-electron chi connectivity index (χ0n) is 17.5. The monoisotopic (exact) mass is 388 g/mol. The molecule has 4 bridgehead atoms. The molecule has 152 valence electrons. The molecule has 2 nitrogen and oxygen atoms in total. The fourth-order valence-electron chi connectivity index (χ4n) is 6.87. The fraction of sp³-hybridized carbons (Fsp3) is 0.875. The van der Waals surface area contributed by atoms with Crippen molar-refractivity contribution in [2.24, 2.45) is 23.2 Å². The molecule has 1 unspecified atom stereocenters. The molecule has 4 aliphatic carbocycles. The Morgan fingerprint density at radius 1 is 0.963 bits per heavy atom. The predicted octanol–water partition coefficient (Wildman–Crippen LogP) is 6.95. The second kappa shape index (κ2) is 9.37. The van der Waals surface area contributed by atoms with E-state index in [0.717, 1.165) is 23.0 Å². The Bertz CT molecular complexity index is 517. The van der Waals surface area contributed by atoms with E-state index in [1.54, 1.807) is 19.3 Å². The van der Waals surface area contributed by atoms with Gasteiger partial charge in [-0.05, 0) is 73.9 Å². The van der Waals surface area contributed by atoms with Gasteiger partial charge in [0.1, 0.15) is 0 Å². The molecule has 4 aliphatic rings. The Morgan fingerprint density at radius 3 is 2.19 bits per heavy atom. The van der Waals surface area contributed by atoms with Gasteiger partial charge in [0.15, 0.2) is 0 Å². The Labute approximate surface area is 171 Å². The van der Waals surface area contributed by atoms with E-state index < -0.39 is 0 Å². The van der Waals surface area contributed by atoms with E-state index in [1.807, 2.05) is 12.5 Å². The van der Waals surface area contributed by atoms with E-state index in [0.29, 0.717) is 5.41 Å². The van der Waals surface area contributed by atoms with Crippen LogP contribution < -0.4 is 0 Å². The number of hydrogen-bond donors (Lipinski definition) is 0. The summed E-state index contributed by atoms with van der Waals surface area (Å²) in [6.45, 7) is 3.49. The first-order valence-corrected chi connectivity index (χ1v) is 12.9. The number of imidazole rings is 1. The molecule has 1 aromatic rings. The van der Waals surface area contributed by atoms with Crippen molar-refractivity contribution >= 4 is 11.8 Å². The van der Waals surface area contributed by atoms with E-state index in [-0.39, 0.29) is 0 Å². The molecule has 0 radical (unpaired) electrons. The lowest BCUT2D eigenvalue weighted by Gasteiger charge is -2.59. The molecular formula is C24H40N2S. The highest BCUT2D eigenvalue weighted by atomic mass is 32.2. The molecule has 0 amide bonds. The quantitative estimate of drug-likeness (QED) is 0.360. The maximum atomic E-state index is 4.32. The lowest BCUT2D eigenvalue weighted by Crippen LogP contribution is -2.51. The summed E-state index contributed by atoms with van der Waals surface area (Å²) in [5.41, 5.74) is 0.644. The van der Waals surface area contributed by atoms with Crippen LogP contribution in [-0.2, 0) is 6.54 Å². The van der Waals surface area contributed by atoms with Gasteiger partial charge < -0.3 is 4.57 Å². The summed E-state index contributed by atoms with van der Waals surface area (Å²) in [6, 6.07) is 0. The second-order valence-electron chi connectivity index (χ2n) is 10.0. The van der Waals surface area contributed by atoms with Crippen LogP contribution in [0, 0.1) is 23.2 Å². The Morgan fingerprint density at radius 2 is 1.59 bits per heavy atom. The lowest BCUT2D eigenvalue weighted by atomic mass is 9.48. The van der Waals surface area contributed by atoms with Crippen LogP contribution in [0.5, 0.6) is 0 Å². The first-order valence-electron chi connectivity index (χ1n) is 11.8. The predicted molar refractivity (Wildman–Crippen MR) is 117 cm³/mol. The molecule has 27 heavy (non-hydrogen) atoms. The maximum Gasteiger partial charge on any atom is 0.0946 e. The Balaban J connectivity index is 1.31. The number of rotatable bonds is 12. The molecule has 0 aromatic carbocycles. The summed E-state index contributed by atoms with van der Waals surface area (Å²) >= 11 is 2.33. The van der Waals surface area contributed by atoms with Crippen LogP contribution in [0.15, 0.2) is 18.7 Å². The average Bonchev–Trinajstić information content (AvgIpc) is 3.15. The molecule has 1 aromatic heterocycles. The van der Waals surface area contributed by atoms with Gasteiger partial charge >= 0.3 is 0 Å². The summed E-state index contributed by atoms with van der Waals surface area (Å²) < 4.78 is 2.36. The van der Waals surface area contributed by atoms with Crippen LogP contribution in [0.3, 0.4) is 0 Å². The number of thioether (sulfide) groups is 1. The largest absolute Gasteiger partial charge is 0.336 e. The highest BCUT2D eigenvalue weighted by Gasteiger charge is 2.54. The topological polar surface area (TPSA) is 17.8 Å². The minimum absolute atomic E-state index is 0.644. The van der Waals surface area contributed by atoms with Gasteiger partial charge in [-0.3, -0.25) is 0 Å². The molecule has 1 atom stereocenters. The van der Waals surface area contributed by atoms with Gasteiger partial charge in [-0.1, -0.05) is 45.4 Å². The van der Waals surface area contributed by atoms with Gasteiger partial charge in [0.2, 0.25) is 0 Å². The van der Waals surface area contributed by atoms with Crippen LogP contribution in [0.1, 0.15) is 90.4 Å². The molecule has 3 heteroatoms. The number of hydrogen-bond acceptors (Lipinski definition) is 2. The highest BCUT2D eigenvalue weighted by Crippen LogP contribution is 2.63. The molecule has 0 saturated heterocycles. The van der Waals surface area contributed by atoms with Crippen LogP contribution in [0.4, 0.5) is 0 Å². The van der Waals surface area contributed by atoms with Gasteiger partial charge in [0.05, 0.1) is 6.33 Å². The smallest absolute Gasteiger partial charge is 0.0946 e. The van der Waals surface area contributed by atoms with Crippen molar-refractivity contribution in [2.75, 3.05) is 5.75 Å². The summed E-state index contributed by atoms with van der Waals surface area (Å²) in [4.78, 5) is 4.32. The van der Waals surface area contributed by atoms with Crippen LogP contribution in [0.25, 0.3) is 0 Å². The van der Waals surface area contributed by atoms with Gasteiger partial charge in [0, 0.05) is 24.2 Å². The normalized spacial score (nSPS) is 32.9. The standard InChI is InChI=1S/C24H40N2S/c1-2-3-4-5-6-7-8-11-27-23(18-26-10-9-25-19-26)24-15-20-12-21(16-24)14-22(13-20)17-24/h9-10,19-23H,2-8,11-18H2,1H3. The zero-order valence-corrected chi connectivity index (χ0v) is 18.3. The van der Waals surface area contributed by atoms with Gasteiger partial charge in [-0.25, -0.2) is 4.98 Å². The molecular weight excluding hydrogens is 348 g/mol. The van der Waals surface area contributed by atoms with Crippen molar-refractivity contribution in [3.63, 3.8) is 0 Å². The minimum Gasteiger partial charge on any atom is -0.336 e. The van der Waals surface area contributed by atoms with Crippen molar-refractivity contribution < 1.29 is 0 Å². The lowest BCUT2D eigenvalue weighted by molar-refractivity contribution is -0.0553. The molecule has 0 aliphatic heterocycles. The maximum absolute atomic E-state index is 4.32. The molecule has 1 heterocycles. The third-order valence-electron chi connectivity index (χ3n) is 7.77.